The van der Waals surface area contributed by atoms with Crippen molar-refractivity contribution in [2.45, 2.75) is 6.54 Å². The maximum atomic E-state index is 11.2. The lowest BCUT2D eigenvalue weighted by Crippen LogP contribution is -2.25. The summed E-state index contributed by atoms with van der Waals surface area (Å²) in [7, 11) is 0. The fourth-order valence-electron chi connectivity index (χ4n) is 1.05. The molecule has 8 heteroatoms. The summed E-state index contributed by atoms with van der Waals surface area (Å²) in [5, 5.41) is 10.4. The third kappa shape index (κ3) is 3.41. The Labute approximate surface area is 90.8 Å². The second kappa shape index (κ2) is 5.93. The summed E-state index contributed by atoms with van der Waals surface area (Å²) in [6, 6.07) is 0. The van der Waals surface area contributed by atoms with E-state index in [0.29, 0.717) is 13.2 Å². The van der Waals surface area contributed by atoms with Gasteiger partial charge in [-0.1, -0.05) is 0 Å². The fourth-order valence-corrected chi connectivity index (χ4v) is 1.05. The molecule has 1 aromatic heterocycles. The summed E-state index contributed by atoms with van der Waals surface area (Å²) in [6.45, 7) is 1.26. The quantitative estimate of drug-likeness (QED) is 0.384. The Morgan fingerprint density at radius 2 is 2.31 bits per heavy atom. The van der Waals surface area contributed by atoms with Crippen LogP contribution in [-0.4, -0.2) is 34.2 Å². The van der Waals surface area contributed by atoms with Crippen molar-refractivity contribution in [3.63, 3.8) is 0 Å². The number of nitro groups is 1. The predicted molar refractivity (Wildman–Crippen MR) is 55.0 cm³/mol. The van der Waals surface area contributed by atoms with Crippen LogP contribution in [-0.2, 0) is 11.3 Å². The van der Waals surface area contributed by atoms with Crippen molar-refractivity contribution in [1.82, 2.24) is 9.55 Å². The minimum Gasteiger partial charge on any atom is -0.378 e. The summed E-state index contributed by atoms with van der Waals surface area (Å²) in [4.78, 5) is 24.4. The molecule has 1 heterocycles. The summed E-state index contributed by atoms with van der Waals surface area (Å²) < 4.78 is 6.19. The highest BCUT2D eigenvalue weighted by Gasteiger charge is 2.08. The topological polar surface area (TPSA) is 113 Å². The van der Waals surface area contributed by atoms with Crippen molar-refractivity contribution in [1.29, 1.82) is 0 Å². The molecule has 16 heavy (non-hydrogen) atoms. The van der Waals surface area contributed by atoms with E-state index < -0.39 is 10.6 Å². The first-order chi connectivity index (χ1) is 7.65. The van der Waals surface area contributed by atoms with Gasteiger partial charge in [0.1, 0.15) is 6.20 Å². The molecule has 0 saturated carbocycles. The molecule has 88 valence electrons. The third-order valence-corrected chi connectivity index (χ3v) is 1.79. The fraction of sp³-hybridized carbons (Fsp3) is 0.500. The van der Waals surface area contributed by atoms with Gasteiger partial charge in [0.25, 0.3) is 0 Å². The van der Waals surface area contributed by atoms with Crippen LogP contribution in [0.1, 0.15) is 0 Å². The standard InChI is InChI=1S/C8H12N4O4/c9-1-3-16-4-2-11-6-7(12(14)15)5-10-8(11)13/h5-6H,1-4,9H2. The van der Waals surface area contributed by atoms with Gasteiger partial charge < -0.3 is 10.5 Å². The second-order valence-corrected chi connectivity index (χ2v) is 2.95. The lowest BCUT2D eigenvalue weighted by molar-refractivity contribution is -0.385. The van der Waals surface area contributed by atoms with Gasteiger partial charge in [-0.25, -0.2) is 4.79 Å². The van der Waals surface area contributed by atoms with Crippen LogP contribution in [0, 0.1) is 10.1 Å². The molecule has 0 aliphatic rings. The van der Waals surface area contributed by atoms with Crippen LogP contribution in [0.15, 0.2) is 17.2 Å². The molecule has 1 aromatic rings. The van der Waals surface area contributed by atoms with Gasteiger partial charge in [0.05, 0.1) is 30.9 Å². The van der Waals surface area contributed by atoms with Crippen LogP contribution in [0.5, 0.6) is 0 Å². The molecule has 0 spiro atoms. The molecule has 0 amide bonds. The van der Waals surface area contributed by atoms with Gasteiger partial charge in [0, 0.05) is 6.54 Å². The van der Waals surface area contributed by atoms with E-state index in [-0.39, 0.29) is 18.8 Å². The molecule has 1 rings (SSSR count). The molecule has 0 aliphatic heterocycles. The molecule has 0 atom stereocenters. The van der Waals surface area contributed by atoms with Crippen LogP contribution in [0.2, 0.25) is 0 Å². The summed E-state index contributed by atoms with van der Waals surface area (Å²) in [5.74, 6) is 0. The van der Waals surface area contributed by atoms with Crippen molar-refractivity contribution in [2.24, 2.45) is 5.73 Å². The van der Waals surface area contributed by atoms with E-state index in [9.17, 15) is 14.9 Å². The van der Waals surface area contributed by atoms with Gasteiger partial charge in [0.2, 0.25) is 0 Å². The molecule has 2 N–H and O–H groups in total. The molecule has 0 unspecified atom stereocenters. The van der Waals surface area contributed by atoms with E-state index in [1.807, 2.05) is 0 Å². The zero-order valence-electron chi connectivity index (χ0n) is 8.54. The van der Waals surface area contributed by atoms with Crippen LogP contribution in [0.25, 0.3) is 0 Å². The number of aromatic nitrogens is 2. The Balaban J connectivity index is 2.67. The third-order valence-electron chi connectivity index (χ3n) is 1.79. The Hall–Kier alpha value is -1.80. The molecular weight excluding hydrogens is 216 g/mol. The predicted octanol–water partition coefficient (Wildman–Crippen LogP) is -0.873. The molecule has 8 nitrogen and oxygen atoms in total. The van der Waals surface area contributed by atoms with Crippen LogP contribution in [0.4, 0.5) is 5.69 Å². The first-order valence-electron chi connectivity index (χ1n) is 4.64. The average molecular weight is 228 g/mol. The van der Waals surface area contributed by atoms with Crippen LogP contribution < -0.4 is 11.4 Å². The maximum Gasteiger partial charge on any atom is 0.348 e. The molecule has 0 bridgehead atoms. The zero-order valence-corrected chi connectivity index (χ0v) is 8.54. The summed E-state index contributed by atoms with van der Waals surface area (Å²) in [6.07, 6.45) is 2.07. The second-order valence-electron chi connectivity index (χ2n) is 2.95. The van der Waals surface area contributed by atoms with E-state index in [4.69, 9.17) is 10.5 Å². The van der Waals surface area contributed by atoms with E-state index >= 15 is 0 Å². The summed E-state index contributed by atoms with van der Waals surface area (Å²) >= 11 is 0. The van der Waals surface area contributed by atoms with E-state index in [0.717, 1.165) is 17.0 Å². The Bertz CT molecular complexity index is 417. The highest BCUT2D eigenvalue weighted by atomic mass is 16.6. The summed E-state index contributed by atoms with van der Waals surface area (Å²) in [5.41, 5.74) is 4.44. The Morgan fingerprint density at radius 1 is 1.56 bits per heavy atom. The first-order valence-corrected chi connectivity index (χ1v) is 4.64. The van der Waals surface area contributed by atoms with Crippen molar-refractivity contribution in [3.8, 4) is 0 Å². The normalized spacial score (nSPS) is 10.3. The van der Waals surface area contributed by atoms with Crippen molar-refractivity contribution < 1.29 is 9.66 Å². The van der Waals surface area contributed by atoms with Gasteiger partial charge in [-0.15, -0.1) is 0 Å². The molecule has 0 fully saturated rings. The molecule has 0 saturated heterocycles. The molecule has 0 radical (unpaired) electrons. The number of hydrogen-bond acceptors (Lipinski definition) is 6. The maximum absolute atomic E-state index is 11.2. The number of hydrogen-bond donors (Lipinski definition) is 1. The lowest BCUT2D eigenvalue weighted by atomic mass is 10.5. The van der Waals surface area contributed by atoms with E-state index in [1.165, 1.54) is 0 Å². The monoisotopic (exact) mass is 228 g/mol. The van der Waals surface area contributed by atoms with Gasteiger partial charge in [-0.3, -0.25) is 14.7 Å². The number of nitrogens with zero attached hydrogens (tertiary/aromatic N) is 3. The smallest absolute Gasteiger partial charge is 0.348 e. The van der Waals surface area contributed by atoms with Gasteiger partial charge in [0.15, 0.2) is 0 Å². The minimum atomic E-state index is -0.607. The highest BCUT2D eigenvalue weighted by molar-refractivity contribution is 5.20. The molecule has 0 aromatic carbocycles. The average Bonchev–Trinajstić information content (AvgIpc) is 2.26. The van der Waals surface area contributed by atoms with Crippen molar-refractivity contribution in [3.05, 3.63) is 33.0 Å². The Kier molecular flexibility index (Phi) is 4.55. The van der Waals surface area contributed by atoms with E-state index in [1.54, 1.807) is 0 Å². The number of nitrogens with two attached hydrogens (primary N) is 1. The van der Waals surface area contributed by atoms with Crippen molar-refractivity contribution in [2.75, 3.05) is 19.8 Å². The van der Waals surface area contributed by atoms with Gasteiger partial charge in [-0.2, -0.15) is 4.98 Å². The van der Waals surface area contributed by atoms with Crippen LogP contribution in [0.3, 0.4) is 0 Å². The highest BCUT2D eigenvalue weighted by Crippen LogP contribution is 2.04. The number of rotatable bonds is 6. The minimum absolute atomic E-state index is 0.216. The molecule has 0 aliphatic carbocycles. The lowest BCUT2D eigenvalue weighted by Gasteiger charge is -2.04. The van der Waals surface area contributed by atoms with Gasteiger partial charge >= 0.3 is 11.4 Å². The van der Waals surface area contributed by atoms with Crippen LogP contribution >= 0.6 is 0 Å². The SMILES string of the molecule is NCCOCCn1cc([N+](=O)[O-])cnc1=O. The van der Waals surface area contributed by atoms with Gasteiger partial charge in [-0.05, 0) is 0 Å². The van der Waals surface area contributed by atoms with Crippen molar-refractivity contribution >= 4 is 5.69 Å². The zero-order chi connectivity index (χ0) is 12.0. The molecular formula is C8H12N4O4. The largest absolute Gasteiger partial charge is 0.378 e. The number of ether oxygens (including phenoxy) is 1. The van der Waals surface area contributed by atoms with E-state index in [2.05, 4.69) is 4.98 Å². The first kappa shape index (κ1) is 12.3. The Morgan fingerprint density at radius 3 is 2.94 bits per heavy atom.